The highest BCUT2D eigenvalue weighted by Gasteiger charge is 2.10. The van der Waals surface area contributed by atoms with E-state index in [1.165, 1.54) is 12.0 Å². The number of carbonyl (C=O) groups is 1. The average molecular weight is 168 g/mol. The van der Waals surface area contributed by atoms with Crippen molar-refractivity contribution >= 4 is 5.97 Å². The van der Waals surface area contributed by atoms with Gasteiger partial charge in [0.15, 0.2) is 0 Å². The molecule has 0 fully saturated rings. The molecule has 68 valence electrons. The third-order valence-corrected chi connectivity index (χ3v) is 2.38. The van der Waals surface area contributed by atoms with Crippen molar-refractivity contribution < 1.29 is 9.53 Å². The van der Waals surface area contributed by atoms with Gasteiger partial charge in [-0.2, -0.15) is 0 Å². The Morgan fingerprint density at radius 1 is 1.17 bits per heavy atom. The van der Waals surface area contributed by atoms with Gasteiger partial charge in [-0.3, -0.25) is 0 Å². The van der Waals surface area contributed by atoms with Crippen LogP contribution in [0.5, 0.6) is 0 Å². The molecule has 0 bridgehead atoms. The van der Waals surface area contributed by atoms with Crippen LogP contribution in [0.2, 0.25) is 0 Å². The van der Waals surface area contributed by atoms with Crippen molar-refractivity contribution in [3.8, 4) is 0 Å². The summed E-state index contributed by atoms with van der Waals surface area (Å²) in [6.07, 6.45) is 4.39. The van der Waals surface area contributed by atoms with Gasteiger partial charge in [-0.05, 0) is 39.5 Å². The first-order valence-electron chi connectivity index (χ1n) is 4.55. The van der Waals surface area contributed by atoms with Gasteiger partial charge in [0.05, 0.1) is 6.61 Å². The molecule has 0 spiro atoms. The van der Waals surface area contributed by atoms with Crippen molar-refractivity contribution in [3.63, 3.8) is 0 Å². The third kappa shape index (κ3) is 2.36. The largest absolute Gasteiger partial charge is 0.462 e. The van der Waals surface area contributed by atoms with E-state index < -0.39 is 0 Å². The molecule has 0 atom stereocenters. The standard InChI is InChI=1S/C10H16O2/c1-8-6-4-3-5-7-12-10(11)9(8)2/h3-7H2,1-2H3. The fourth-order valence-corrected chi connectivity index (χ4v) is 1.30. The molecule has 0 aliphatic carbocycles. The van der Waals surface area contributed by atoms with Gasteiger partial charge in [0, 0.05) is 5.57 Å². The summed E-state index contributed by atoms with van der Waals surface area (Å²) in [6, 6.07) is 0. The van der Waals surface area contributed by atoms with Crippen LogP contribution in [0, 0.1) is 0 Å². The molecule has 2 nitrogen and oxygen atoms in total. The fraction of sp³-hybridized carbons (Fsp3) is 0.700. The van der Waals surface area contributed by atoms with E-state index in [0.717, 1.165) is 24.8 Å². The van der Waals surface area contributed by atoms with E-state index in [1.807, 2.05) is 13.8 Å². The second-order valence-electron chi connectivity index (χ2n) is 3.35. The summed E-state index contributed by atoms with van der Waals surface area (Å²) in [5.74, 6) is -0.130. The molecule has 1 aliphatic heterocycles. The maximum absolute atomic E-state index is 11.2. The molecule has 0 saturated carbocycles. The molecule has 12 heavy (non-hydrogen) atoms. The summed E-state index contributed by atoms with van der Waals surface area (Å²) in [4.78, 5) is 11.2. The molecule has 1 aliphatic rings. The lowest BCUT2D eigenvalue weighted by Crippen LogP contribution is -2.07. The predicted octanol–water partition coefficient (Wildman–Crippen LogP) is 2.44. The number of rotatable bonds is 0. The molecule has 0 aromatic carbocycles. The van der Waals surface area contributed by atoms with Gasteiger partial charge in [0.25, 0.3) is 0 Å². The molecule has 0 N–H and O–H groups in total. The van der Waals surface area contributed by atoms with Gasteiger partial charge in [0.2, 0.25) is 0 Å². The SMILES string of the molecule is CC1=C(C)C(=O)OCCCCC1. The minimum atomic E-state index is -0.130. The Kier molecular flexibility index (Phi) is 3.32. The van der Waals surface area contributed by atoms with E-state index in [0.29, 0.717) is 6.61 Å². The van der Waals surface area contributed by atoms with Gasteiger partial charge in [-0.1, -0.05) is 5.57 Å². The van der Waals surface area contributed by atoms with Crippen molar-refractivity contribution in [1.82, 2.24) is 0 Å². The topological polar surface area (TPSA) is 26.3 Å². The van der Waals surface area contributed by atoms with Crippen LogP contribution in [-0.4, -0.2) is 12.6 Å². The lowest BCUT2D eigenvalue weighted by atomic mass is 10.1. The lowest BCUT2D eigenvalue weighted by Gasteiger charge is -2.04. The molecule has 0 unspecified atom stereocenters. The number of esters is 1. The van der Waals surface area contributed by atoms with Crippen molar-refractivity contribution in [3.05, 3.63) is 11.1 Å². The highest BCUT2D eigenvalue weighted by Crippen LogP contribution is 2.16. The van der Waals surface area contributed by atoms with Gasteiger partial charge < -0.3 is 4.74 Å². The van der Waals surface area contributed by atoms with E-state index in [2.05, 4.69) is 0 Å². The van der Waals surface area contributed by atoms with Crippen LogP contribution in [-0.2, 0) is 9.53 Å². The maximum Gasteiger partial charge on any atom is 0.333 e. The monoisotopic (exact) mass is 168 g/mol. The molecule has 1 heterocycles. The Morgan fingerprint density at radius 2 is 1.92 bits per heavy atom. The van der Waals surface area contributed by atoms with Crippen LogP contribution in [0.4, 0.5) is 0 Å². The zero-order chi connectivity index (χ0) is 8.97. The number of hydrogen-bond donors (Lipinski definition) is 0. The molecule has 1 rings (SSSR count). The van der Waals surface area contributed by atoms with Crippen molar-refractivity contribution in [2.45, 2.75) is 39.5 Å². The lowest BCUT2D eigenvalue weighted by molar-refractivity contribution is -0.139. The van der Waals surface area contributed by atoms with E-state index >= 15 is 0 Å². The van der Waals surface area contributed by atoms with Gasteiger partial charge >= 0.3 is 5.97 Å². The Labute approximate surface area is 73.6 Å². The second-order valence-corrected chi connectivity index (χ2v) is 3.35. The summed E-state index contributed by atoms with van der Waals surface area (Å²) in [7, 11) is 0. The van der Waals surface area contributed by atoms with Crippen LogP contribution in [0.1, 0.15) is 39.5 Å². The maximum atomic E-state index is 11.2. The highest BCUT2D eigenvalue weighted by atomic mass is 16.5. The molecule has 2 heteroatoms. The number of hydrogen-bond acceptors (Lipinski definition) is 2. The average Bonchev–Trinajstić information content (AvgIpc) is 2.12. The second kappa shape index (κ2) is 4.29. The van der Waals surface area contributed by atoms with Crippen molar-refractivity contribution in [2.75, 3.05) is 6.61 Å². The van der Waals surface area contributed by atoms with Gasteiger partial charge in [-0.15, -0.1) is 0 Å². The molecule has 0 saturated heterocycles. The van der Waals surface area contributed by atoms with Crippen LogP contribution in [0.15, 0.2) is 11.1 Å². The third-order valence-electron chi connectivity index (χ3n) is 2.38. The first-order valence-corrected chi connectivity index (χ1v) is 4.55. The Hall–Kier alpha value is -0.790. The van der Waals surface area contributed by atoms with Crippen LogP contribution in [0.3, 0.4) is 0 Å². The zero-order valence-electron chi connectivity index (χ0n) is 7.85. The van der Waals surface area contributed by atoms with E-state index in [9.17, 15) is 4.79 Å². The van der Waals surface area contributed by atoms with Crippen molar-refractivity contribution in [1.29, 1.82) is 0 Å². The molecule has 0 radical (unpaired) electrons. The van der Waals surface area contributed by atoms with E-state index in [1.54, 1.807) is 0 Å². The Morgan fingerprint density at radius 3 is 2.67 bits per heavy atom. The summed E-state index contributed by atoms with van der Waals surface area (Å²) < 4.78 is 5.05. The normalized spacial score (nSPS) is 21.0. The molecular weight excluding hydrogens is 152 g/mol. The highest BCUT2D eigenvalue weighted by molar-refractivity contribution is 5.88. The minimum Gasteiger partial charge on any atom is -0.462 e. The Bertz CT molecular complexity index is 204. The number of allylic oxidation sites excluding steroid dienone is 1. The number of carbonyl (C=O) groups excluding carboxylic acids is 1. The first-order chi connectivity index (χ1) is 5.72. The van der Waals surface area contributed by atoms with Gasteiger partial charge in [0.1, 0.15) is 0 Å². The van der Waals surface area contributed by atoms with Crippen LogP contribution >= 0.6 is 0 Å². The number of cyclic esters (lactones) is 1. The first kappa shape index (κ1) is 9.30. The predicted molar refractivity (Wildman–Crippen MR) is 47.8 cm³/mol. The molecule has 0 amide bonds. The minimum absolute atomic E-state index is 0.130. The summed E-state index contributed by atoms with van der Waals surface area (Å²) in [5.41, 5.74) is 1.99. The van der Waals surface area contributed by atoms with Crippen LogP contribution < -0.4 is 0 Å². The molecular formula is C10H16O2. The van der Waals surface area contributed by atoms with Crippen molar-refractivity contribution in [2.24, 2.45) is 0 Å². The smallest absolute Gasteiger partial charge is 0.333 e. The molecule has 0 aromatic heterocycles. The Balaban J connectivity index is 2.69. The molecule has 0 aromatic rings. The quantitative estimate of drug-likeness (QED) is 0.519. The van der Waals surface area contributed by atoms with E-state index in [-0.39, 0.29) is 5.97 Å². The summed E-state index contributed by atoms with van der Waals surface area (Å²) in [5, 5.41) is 0. The van der Waals surface area contributed by atoms with Gasteiger partial charge in [-0.25, -0.2) is 4.79 Å². The number of ether oxygens (including phenoxy) is 1. The van der Waals surface area contributed by atoms with E-state index in [4.69, 9.17) is 4.74 Å². The fourth-order valence-electron chi connectivity index (χ4n) is 1.30. The summed E-state index contributed by atoms with van der Waals surface area (Å²) >= 11 is 0. The van der Waals surface area contributed by atoms with Crippen LogP contribution in [0.25, 0.3) is 0 Å². The summed E-state index contributed by atoms with van der Waals surface area (Å²) in [6.45, 7) is 4.45. The zero-order valence-corrected chi connectivity index (χ0v) is 7.85.